The van der Waals surface area contributed by atoms with Crippen LogP contribution in [0.25, 0.3) is 0 Å². The minimum absolute atomic E-state index is 0.000288. The maximum Gasteiger partial charge on any atom is 0.407 e. The zero-order valence-electron chi connectivity index (χ0n) is 15.5. The highest BCUT2D eigenvalue weighted by molar-refractivity contribution is 5.67. The molecule has 0 fully saturated rings. The lowest BCUT2D eigenvalue weighted by Gasteiger charge is -2.32. The lowest BCUT2D eigenvalue weighted by molar-refractivity contribution is 0.0513. The fraction of sp³-hybridized carbons (Fsp3) is 0.667. The molecule has 0 saturated carbocycles. The van der Waals surface area contributed by atoms with Gasteiger partial charge in [0.25, 0.3) is 0 Å². The summed E-state index contributed by atoms with van der Waals surface area (Å²) in [6, 6.07) is 4.18. The number of nitrogens with zero attached hydrogens (tertiary/aromatic N) is 1. The van der Waals surface area contributed by atoms with Crippen molar-refractivity contribution in [2.75, 3.05) is 6.54 Å². The van der Waals surface area contributed by atoms with Gasteiger partial charge in [0.2, 0.25) is 0 Å². The highest BCUT2D eigenvalue weighted by Gasteiger charge is 2.25. The standard InChI is InChI=1S/C18H31N3O2/c1-13-8-9-14(19-10-13)11-20-15(17(2,3)4)12-21-16(22)23-18(5,6)7/h8-10,15,20H,11-12H2,1-7H3,(H,21,22). The van der Waals surface area contributed by atoms with Crippen molar-refractivity contribution in [2.24, 2.45) is 5.41 Å². The average molecular weight is 321 g/mol. The van der Waals surface area contributed by atoms with Crippen molar-refractivity contribution in [1.29, 1.82) is 0 Å². The first kappa shape index (κ1) is 19.4. The number of ether oxygens (including phenoxy) is 1. The molecule has 0 aliphatic heterocycles. The molecular formula is C18H31N3O2. The van der Waals surface area contributed by atoms with E-state index in [1.807, 2.05) is 40.0 Å². The van der Waals surface area contributed by atoms with Crippen LogP contribution in [-0.2, 0) is 11.3 Å². The molecule has 1 heterocycles. The summed E-state index contributed by atoms with van der Waals surface area (Å²) in [5.41, 5.74) is 1.65. The lowest BCUT2D eigenvalue weighted by atomic mass is 9.86. The number of nitrogens with one attached hydrogen (secondary N) is 2. The predicted molar refractivity (Wildman–Crippen MR) is 93.3 cm³/mol. The minimum Gasteiger partial charge on any atom is -0.444 e. The first-order valence-corrected chi connectivity index (χ1v) is 8.09. The largest absolute Gasteiger partial charge is 0.444 e. The number of carbonyl (C=O) groups is 1. The Balaban J connectivity index is 2.56. The number of rotatable bonds is 5. The van der Waals surface area contributed by atoms with Gasteiger partial charge in [-0.05, 0) is 44.7 Å². The Morgan fingerprint density at radius 3 is 2.35 bits per heavy atom. The number of carbonyl (C=O) groups excluding carboxylic acids is 1. The molecule has 130 valence electrons. The average Bonchev–Trinajstić information content (AvgIpc) is 2.37. The molecule has 23 heavy (non-hydrogen) atoms. The Morgan fingerprint density at radius 1 is 1.22 bits per heavy atom. The molecule has 0 bridgehead atoms. The van der Waals surface area contributed by atoms with Crippen LogP contribution in [0, 0.1) is 12.3 Å². The zero-order chi connectivity index (χ0) is 17.7. The van der Waals surface area contributed by atoms with E-state index in [1.165, 1.54) is 0 Å². The Hall–Kier alpha value is -1.62. The van der Waals surface area contributed by atoms with E-state index in [2.05, 4.69) is 42.5 Å². The van der Waals surface area contributed by atoms with Crippen LogP contribution < -0.4 is 10.6 Å². The van der Waals surface area contributed by atoms with Crippen molar-refractivity contribution in [3.05, 3.63) is 29.6 Å². The van der Waals surface area contributed by atoms with Gasteiger partial charge in [0, 0.05) is 25.3 Å². The number of aromatic nitrogens is 1. The molecule has 2 N–H and O–H groups in total. The van der Waals surface area contributed by atoms with E-state index in [9.17, 15) is 4.79 Å². The lowest BCUT2D eigenvalue weighted by Crippen LogP contribution is -2.49. The van der Waals surface area contributed by atoms with Crippen LogP contribution in [0.15, 0.2) is 18.3 Å². The maximum atomic E-state index is 11.8. The number of hydrogen-bond acceptors (Lipinski definition) is 4. The number of alkyl carbamates (subject to hydrolysis) is 1. The van der Waals surface area contributed by atoms with Crippen molar-refractivity contribution in [1.82, 2.24) is 15.6 Å². The molecule has 0 radical (unpaired) electrons. The summed E-state index contributed by atoms with van der Waals surface area (Å²) in [6.07, 6.45) is 1.48. The van der Waals surface area contributed by atoms with E-state index in [0.717, 1.165) is 11.3 Å². The van der Waals surface area contributed by atoms with E-state index in [4.69, 9.17) is 4.74 Å². The van der Waals surface area contributed by atoms with Gasteiger partial charge in [-0.3, -0.25) is 4.98 Å². The van der Waals surface area contributed by atoms with Gasteiger partial charge in [0.05, 0.1) is 5.69 Å². The van der Waals surface area contributed by atoms with Gasteiger partial charge < -0.3 is 15.4 Å². The summed E-state index contributed by atoms with van der Waals surface area (Å²) in [7, 11) is 0. The van der Waals surface area contributed by atoms with Gasteiger partial charge in [-0.1, -0.05) is 26.8 Å². The summed E-state index contributed by atoms with van der Waals surface area (Å²) in [5.74, 6) is 0. The molecule has 1 amide bonds. The maximum absolute atomic E-state index is 11.8. The monoisotopic (exact) mass is 321 g/mol. The number of amides is 1. The van der Waals surface area contributed by atoms with Gasteiger partial charge in [-0.25, -0.2) is 4.79 Å². The third-order valence-corrected chi connectivity index (χ3v) is 3.40. The Labute approximate surface area is 140 Å². The van der Waals surface area contributed by atoms with E-state index >= 15 is 0 Å². The van der Waals surface area contributed by atoms with E-state index in [0.29, 0.717) is 13.1 Å². The fourth-order valence-electron chi connectivity index (χ4n) is 2.01. The quantitative estimate of drug-likeness (QED) is 0.872. The summed E-state index contributed by atoms with van der Waals surface area (Å²) >= 11 is 0. The Kier molecular flexibility index (Phi) is 6.57. The second-order valence-corrected chi connectivity index (χ2v) is 8.01. The molecule has 0 aromatic carbocycles. The summed E-state index contributed by atoms with van der Waals surface area (Å²) in [6.45, 7) is 15.2. The zero-order valence-corrected chi connectivity index (χ0v) is 15.5. The molecule has 0 aliphatic rings. The molecule has 0 aliphatic carbocycles. The van der Waals surface area contributed by atoms with Crippen molar-refractivity contribution in [3.63, 3.8) is 0 Å². The number of pyridine rings is 1. The van der Waals surface area contributed by atoms with E-state index < -0.39 is 5.60 Å². The van der Waals surface area contributed by atoms with Crippen molar-refractivity contribution in [2.45, 2.75) is 66.7 Å². The van der Waals surface area contributed by atoms with Gasteiger partial charge in [0.1, 0.15) is 5.60 Å². The topological polar surface area (TPSA) is 63.2 Å². The highest BCUT2D eigenvalue weighted by Crippen LogP contribution is 2.19. The van der Waals surface area contributed by atoms with Crippen LogP contribution in [0.1, 0.15) is 52.8 Å². The van der Waals surface area contributed by atoms with E-state index in [-0.39, 0.29) is 17.6 Å². The van der Waals surface area contributed by atoms with Gasteiger partial charge in [-0.15, -0.1) is 0 Å². The van der Waals surface area contributed by atoms with Crippen LogP contribution in [0.5, 0.6) is 0 Å². The molecule has 1 unspecified atom stereocenters. The molecule has 0 spiro atoms. The van der Waals surface area contributed by atoms with Gasteiger partial charge in [-0.2, -0.15) is 0 Å². The van der Waals surface area contributed by atoms with Crippen molar-refractivity contribution >= 4 is 6.09 Å². The minimum atomic E-state index is -0.486. The SMILES string of the molecule is Cc1ccc(CNC(CNC(=O)OC(C)(C)C)C(C)(C)C)nc1. The molecule has 5 nitrogen and oxygen atoms in total. The summed E-state index contributed by atoms with van der Waals surface area (Å²) in [4.78, 5) is 16.2. The van der Waals surface area contributed by atoms with Crippen LogP contribution in [0.4, 0.5) is 4.79 Å². The fourth-order valence-corrected chi connectivity index (χ4v) is 2.01. The second-order valence-electron chi connectivity index (χ2n) is 8.01. The number of aryl methyl sites for hydroxylation is 1. The molecule has 1 aromatic heterocycles. The first-order valence-electron chi connectivity index (χ1n) is 8.09. The van der Waals surface area contributed by atoms with Crippen LogP contribution in [-0.4, -0.2) is 29.3 Å². The molecule has 1 atom stereocenters. The molecule has 0 saturated heterocycles. The Morgan fingerprint density at radius 2 is 1.87 bits per heavy atom. The Bertz CT molecular complexity index is 498. The molecule has 1 aromatic rings. The molecule has 1 rings (SSSR count). The first-order chi connectivity index (χ1) is 10.5. The smallest absolute Gasteiger partial charge is 0.407 e. The third-order valence-electron chi connectivity index (χ3n) is 3.40. The van der Waals surface area contributed by atoms with Gasteiger partial charge >= 0.3 is 6.09 Å². The van der Waals surface area contributed by atoms with Crippen molar-refractivity contribution < 1.29 is 9.53 Å². The van der Waals surface area contributed by atoms with Crippen LogP contribution >= 0.6 is 0 Å². The summed E-state index contributed by atoms with van der Waals surface area (Å²) in [5, 5.41) is 6.33. The van der Waals surface area contributed by atoms with Crippen molar-refractivity contribution in [3.8, 4) is 0 Å². The normalized spacial score (nSPS) is 13.5. The summed E-state index contributed by atoms with van der Waals surface area (Å²) < 4.78 is 5.29. The second kappa shape index (κ2) is 7.77. The van der Waals surface area contributed by atoms with Crippen LogP contribution in [0.2, 0.25) is 0 Å². The van der Waals surface area contributed by atoms with Crippen LogP contribution in [0.3, 0.4) is 0 Å². The van der Waals surface area contributed by atoms with E-state index in [1.54, 1.807) is 0 Å². The highest BCUT2D eigenvalue weighted by atomic mass is 16.6. The van der Waals surface area contributed by atoms with Gasteiger partial charge in [0.15, 0.2) is 0 Å². The molecule has 5 heteroatoms. The third kappa shape index (κ3) is 7.98. The molecular weight excluding hydrogens is 290 g/mol. The number of hydrogen-bond donors (Lipinski definition) is 2. The predicted octanol–water partition coefficient (Wildman–Crippen LogP) is 3.42.